The highest BCUT2D eigenvalue weighted by Crippen LogP contribution is 2.29. The van der Waals surface area contributed by atoms with Crippen molar-refractivity contribution in [2.24, 2.45) is 5.92 Å². The van der Waals surface area contributed by atoms with Gasteiger partial charge in [-0.3, -0.25) is 4.79 Å². The van der Waals surface area contributed by atoms with Gasteiger partial charge in [0, 0.05) is 32.4 Å². The molecule has 1 atom stereocenters. The van der Waals surface area contributed by atoms with Gasteiger partial charge in [-0.15, -0.1) is 0 Å². The molecule has 0 aromatic heterocycles. The van der Waals surface area contributed by atoms with Crippen LogP contribution in [0.25, 0.3) is 0 Å². The molecule has 4 rings (SSSR count). The second-order valence-corrected chi connectivity index (χ2v) is 6.55. The van der Waals surface area contributed by atoms with E-state index in [4.69, 9.17) is 0 Å². The number of likely N-dealkylation sites (N-methyl/N-ethyl adjacent to an activating group) is 1. The van der Waals surface area contributed by atoms with Crippen LogP contribution in [-0.2, 0) is 11.2 Å². The molecule has 1 N–H and O–H groups in total. The van der Waals surface area contributed by atoms with Crippen molar-refractivity contribution >= 4 is 11.6 Å². The van der Waals surface area contributed by atoms with Crippen LogP contribution in [0.15, 0.2) is 24.3 Å². The van der Waals surface area contributed by atoms with Gasteiger partial charge in [0.05, 0.1) is 6.42 Å². The van der Waals surface area contributed by atoms with E-state index in [1.54, 1.807) is 19.0 Å². The number of amides is 1. The van der Waals surface area contributed by atoms with Crippen LogP contribution in [-0.4, -0.2) is 55.5 Å². The minimum Gasteiger partial charge on any atom is -0.381 e. The van der Waals surface area contributed by atoms with E-state index in [1.807, 2.05) is 0 Å². The normalized spacial score (nSPS) is 27.4. The lowest BCUT2D eigenvalue weighted by atomic mass is 9.84. The molecule has 114 valence electrons. The number of hydrogen-bond acceptors (Lipinski definition) is 3. The SMILES string of the molecule is CN(C)C(=O)Cc1ccc(NC2CN3CCC2CC3)cc1. The summed E-state index contributed by atoms with van der Waals surface area (Å²) in [7, 11) is 3.59. The molecule has 3 heterocycles. The summed E-state index contributed by atoms with van der Waals surface area (Å²) >= 11 is 0. The highest BCUT2D eigenvalue weighted by atomic mass is 16.2. The summed E-state index contributed by atoms with van der Waals surface area (Å²) in [6.07, 6.45) is 3.13. The molecular weight excluding hydrogens is 262 g/mol. The first-order valence-corrected chi connectivity index (χ1v) is 7.90. The second kappa shape index (κ2) is 6.06. The van der Waals surface area contributed by atoms with Gasteiger partial charge in [0.1, 0.15) is 0 Å². The zero-order chi connectivity index (χ0) is 14.8. The fraction of sp³-hybridized carbons (Fsp3) is 0.588. The highest BCUT2D eigenvalue weighted by Gasteiger charge is 2.33. The first-order chi connectivity index (χ1) is 10.1. The predicted molar refractivity (Wildman–Crippen MR) is 85.4 cm³/mol. The quantitative estimate of drug-likeness (QED) is 0.917. The number of nitrogens with one attached hydrogen (secondary N) is 1. The van der Waals surface area contributed by atoms with E-state index in [2.05, 4.69) is 34.5 Å². The molecule has 3 aliphatic rings. The van der Waals surface area contributed by atoms with Crippen molar-refractivity contribution in [2.75, 3.05) is 39.0 Å². The summed E-state index contributed by atoms with van der Waals surface area (Å²) in [5.74, 6) is 0.970. The van der Waals surface area contributed by atoms with Gasteiger partial charge in [-0.1, -0.05) is 12.1 Å². The molecule has 1 aromatic carbocycles. The van der Waals surface area contributed by atoms with Crippen LogP contribution in [0.5, 0.6) is 0 Å². The number of carbonyl (C=O) groups excluding carboxylic acids is 1. The van der Waals surface area contributed by atoms with Crippen LogP contribution < -0.4 is 5.32 Å². The number of fused-ring (bicyclic) bond motifs is 3. The Morgan fingerprint density at radius 2 is 1.90 bits per heavy atom. The Morgan fingerprint density at radius 3 is 2.43 bits per heavy atom. The molecule has 2 bridgehead atoms. The molecule has 4 nitrogen and oxygen atoms in total. The van der Waals surface area contributed by atoms with Crippen LogP contribution in [0.2, 0.25) is 0 Å². The maximum Gasteiger partial charge on any atom is 0.226 e. The smallest absolute Gasteiger partial charge is 0.226 e. The van der Waals surface area contributed by atoms with Crippen molar-refractivity contribution in [1.29, 1.82) is 0 Å². The third-order valence-electron chi connectivity index (χ3n) is 4.82. The molecule has 0 aliphatic carbocycles. The molecule has 21 heavy (non-hydrogen) atoms. The van der Waals surface area contributed by atoms with Crippen molar-refractivity contribution in [2.45, 2.75) is 25.3 Å². The highest BCUT2D eigenvalue weighted by molar-refractivity contribution is 5.78. The zero-order valence-electron chi connectivity index (χ0n) is 13.0. The van der Waals surface area contributed by atoms with Crippen LogP contribution in [0.1, 0.15) is 18.4 Å². The molecule has 1 unspecified atom stereocenters. The van der Waals surface area contributed by atoms with E-state index in [-0.39, 0.29) is 5.91 Å². The molecule has 4 heteroatoms. The second-order valence-electron chi connectivity index (χ2n) is 6.55. The van der Waals surface area contributed by atoms with E-state index >= 15 is 0 Å². The molecule has 0 spiro atoms. The van der Waals surface area contributed by atoms with Crippen LogP contribution in [0, 0.1) is 5.92 Å². The molecule has 0 radical (unpaired) electrons. The third-order valence-corrected chi connectivity index (χ3v) is 4.82. The zero-order valence-corrected chi connectivity index (χ0v) is 13.0. The molecular formula is C17H25N3O. The van der Waals surface area contributed by atoms with E-state index < -0.39 is 0 Å². The van der Waals surface area contributed by atoms with Crippen molar-refractivity contribution in [3.8, 4) is 0 Å². The Morgan fingerprint density at radius 1 is 1.24 bits per heavy atom. The summed E-state index contributed by atoms with van der Waals surface area (Å²) in [5, 5.41) is 3.68. The number of piperidine rings is 3. The standard InChI is InChI=1S/C17H25N3O/c1-19(2)17(21)11-13-3-5-15(6-4-13)18-16-12-20-9-7-14(16)8-10-20/h3-6,14,16,18H,7-12H2,1-2H3. The van der Waals surface area contributed by atoms with E-state index in [0.717, 1.165) is 11.5 Å². The van der Waals surface area contributed by atoms with Gasteiger partial charge in [-0.25, -0.2) is 0 Å². The van der Waals surface area contributed by atoms with Gasteiger partial charge in [0.25, 0.3) is 0 Å². The summed E-state index contributed by atoms with van der Waals surface area (Å²) in [6, 6.07) is 8.92. The largest absolute Gasteiger partial charge is 0.381 e. The van der Waals surface area contributed by atoms with E-state index in [9.17, 15) is 4.79 Å². The molecule has 3 aliphatic heterocycles. The van der Waals surface area contributed by atoms with E-state index in [0.29, 0.717) is 12.5 Å². The molecule has 3 fully saturated rings. The Bertz CT molecular complexity index is 489. The Labute approximate surface area is 127 Å². The van der Waals surface area contributed by atoms with Gasteiger partial charge in [0.15, 0.2) is 0 Å². The summed E-state index contributed by atoms with van der Waals surface area (Å²) in [5.41, 5.74) is 2.25. The Kier molecular flexibility index (Phi) is 4.15. The lowest BCUT2D eigenvalue weighted by molar-refractivity contribution is -0.127. The van der Waals surface area contributed by atoms with Crippen molar-refractivity contribution in [1.82, 2.24) is 9.80 Å². The summed E-state index contributed by atoms with van der Waals surface area (Å²) in [4.78, 5) is 15.9. The molecule has 3 saturated heterocycles. The average Bonchev–Trinajstić information content (AvgIpc) is 2.50. The van der Waals surface area contributed by atoms with Crippen molar-refractivity contribution in [3.63, 3.8) is 0 Å². The van der Waals surface area contributed by atoms with Gasteiger partial charge in [0.2, 0.25) is 5.91 Å². The molecule has 0 saturated carbocycles. The number of rotatable bonds is 4. The Balaban J connectivity index is 1.58. The number of benzene rings is 1. The number of carbonyl (C=O) groups is 1. The Hall–Kier alpha value is -1.55. The van der Waals surface area contributed by atoms with Crippen LogP contribution in [0.3, 0.4) is 0 Å². The van der Waals surface area contributed by atoms with E-state index in [1.165, 1.54) is 38.2 Å². The predicted octanol–water partition coefficient (Wildman–Crippen LogP) is 1.82. The fourth-order valence-corrected chi connectivity index (χ4v) is 3.39. The lowest BCUT2D eigenvalue weighted by Crippen LogP contribution is -2.53. The maximum absolute atomic E-state index is 11.7. The topological polar surface area (TPSA) is 35.6 Å². The number of nitrogens with zero attached hydrogens (tertiary/aromatic N) is 2. The first kappa shape index (κ1) is 14.4. The maximum atomic E-state index is 11.7. The first-order valence-electron chi connectivity index (χ1n) is 7.90. The van der Waals surface area contributed by atoms with Crippen LogP contribution >= 0.6 is 0 Å². The van der Waals surface area contributed by atoms with Gasteiger partial charge in [-0.05, 0) is 49.5 Å². The fourth-order valence-electron chi connectivity index (χ4n) is 3.39. The molecule has 1 aromatic rings. The molecule has 1 amide bonds. The summed E-state index contributed by atoms with van der Waals surface area (Å²) < 4.78 is 0. The minimum absolute atomic E-state index is 0.146. The van der Waals surface area contributed by atoms with Gasteiger partial charge in [-0.2, -0.15) is 0 Å². The average molecular weight is 287 g/mol. The monoisotopic (exact) mass is 287 g/mol. The number of anilines is 1. The lowest BCUT2D eigenvalue weighted by Gasteiger charge is -2.45. The van der Waals surface area contributed by atoms with Crippen molar-refractivity contribution < 1.29 is 4.79 Å². The van der Waals surface area contributed by atoms with Gasteiger partial charge < -0.3 is 15.1 Å². The van der Waals surface area contributed by atoms with Crippen molar-refractivity contribution in [3.05, 3.63) is 29.8 Å². The number of hydrogen-bond donors (Lipinski definition) is 1. The third kappa shape index (κ3) is 3.38. The van der Waals surface area contributed by atoms with Gasteiger partial charge >= 0.3 is 0 Å². The van der Waals surface area contributed by atoms with Crippen LogP contribution in [0.4, 0.5) is 5.69 Å². The summed E-state index contributed by atoms with van der Waals surface area (Å²) in [6.45, 7) is 3.72. The minimum atomic E-state index is 0.146.